The van der Waals surface area contributed by atoms with Crippen molar-refractivity contribution in [2.75, 3.05) is 0 Å². The van der Waals surface area contributed by atoms with E-state index in [9.17, 15) is 4.79 Å². The number of aromatic nitrogens is 4. The highest BCUT2D eigenvalue weighted by Gasteiger charge is 2.32. The molecule has 0 aliphatic carbocycles. The zero-order valence-corrected chi connectivity index (χ0v) is 11.4. The Morgan fingerprint density at radius 3 is 3.10 bits per heavy atom. The predicted octanol–water partition coefficient (Wildman–Crippen LogP) is 1.87. The molecule has 0 N–H and O–H groups in total. The van der Waals surface area contributed by atoms with Crippen molar-refractivity contribution >= 4 is 28.7 Å². The number of carbonyl (C=O) groups is 1. The minimum atomic E-state index is -0.228. The summed E-state index contributed by atoms with van der Waals surface area (Å²) in [5.41, 5.74) is 3.57. The second-order valence-electron chi connectivity index (χ2n) is 4.79. The third-order valence-electron chi connectivity index (χ3n) is 3.50. The molecule has 0 spiro atoms. The van der Waals surface area contributed by atoms with Gasteiger partial charge in [0.05, 0.1) is 24.3 Å². The van der Waals surface area contributed by atoms with E-state index in [0.717, 1.165) is 22.2 Å². The van der Waals surface area contributed by atoms with Gasteiger partial charge in [-0.25, -0.2) is 0 Å². The highest BCUT2D eigenvalue weighted by molar-refractivity contribution is 7.00. The summed E-state index contributed by atoms with van der Waals surface area (Å²) in [5.74, 6) is 0.275. The van der Waals surface area contributed by atoms with E-state index in [2.05, 4.69) is 13.8 Å². The Hall–Kier alpha value is -2.28. The summed E-state index contributed by atoms with van der Waals surface area (Å²) in [6, 6.07) is 3.62. The van der Waals surface area contributed by atoms with Gasteiger partial charge >= 0.3 is 5.97 Å². The minimum Gasteiger partial charge on any atom is -0.426 e. The summed E-state index contributed by atoms with van der Waals surface area (Å²) in [5, 5.41) is 4.19. The molecule has 0 saturated heterocycles. The Kier molecular flexibility index (Phi) is 2.37. The molecule has 0 radical (unpaired) electrons. The van der Waals surface area contributed by atoms with Gasteiger partial charge in [-0.1, -0.05) is 0 Å². The smallest absolute Gasteiger partial charge is 0.312 e. The minimum absolute atomic E-state index is 0.0763. The molecule has 7 heteroatoms. The molecule has 1 aliphatic heterocycles. The molecule has 100 valence electrons. The first-order valence-corrected chi connectivity index (χ1v) is 6.90. The van der Waals surface area contributed by atoms with Crippen LogP contribution in [0.3, 0.4) is 0 Å². The van der Waals surface area contributed by atoms with Crippen molar-refractivity contribution in [1.82, 2.24) is 18.5 Å². The largest absolute Gasteiger partial charge is 0.426 e. The van der Waals surface area contributed by atoms with E-state index in [1.165, 1.54) is 11.7 Å². The molecular weight excluding hydrogens is 276 g/mol. The van der Waals surface area contributed by atoms with E-state index in [1.54, 1.807) is 16.9 Å². The van der Waals surface area contributed by atoms with Gasteiger partial charge in [-0.3, -0.25) is 9.48 Å². The summed E-state index contributed by atoms with van der Waals surface area (Å²) in [6.45, 7) is 0. The Balaban J connectivity index is 1.98. The van der Waals surface area contributed by atoms with Crippen LogP contribution < -0.4 is 4.74 Å². The molecule has 1 aromatic carbocycles. The average Bonchev–Trinajstić information content (AvgIpc) is 3.05. The number of aryl methyl sites for hydroxylation is 1. The molecule has 3 heterocycles. The molecule has 2 aromatic heterocycles. The van der Waals surface area contributed by atoms with Crippen LogP contribution in [-0.2, 0) is 11.8 Å². The van der Waals surface area contributed by atoms with Crippen molar-refractivity contribution < 1.29 is 9.53 Å². The van der Waals surface area contributed by atoms with Crippen LogP contribution in [0.4, 0.5) is 0 Å². The third-order valence-corrected chi connectivity index (χ3v) is 4.04. The Morgan fingerprint density at radius 2 is 2.30 bits per heavy atom. The van der Waals surface area contributed by atoms with E-state index in [1.807, 2.05) is 19.3 Å². The zero-order valence-electron chi connectivity index (χ0n) is 10.6. The number of ether oxygens (including phenoxy) is 1. The topological polar surface area (TPSA) is 69.9 Å². The highest BCUT2D eigenvalue weighted by Crippen LogP contribution is 2.42. The lowest BCUT2D eigenvalue weighted by atomic mass is 9.87. The van der Waals surface area contributed by atoms with Crippen LogP contribution in [-0.4, -0.2) is 24.5 Å². The van der Waals surface area contributed by atoms with Gasteiger partial charge < -0.3 is 4.74 Å². The quantitative estimate of drug-likeness (QED) is 0.504. The first kappa shape index (κ1) is 11.5. The zero-order chi connectivity index (χ0) is 13.7. The molecule has 1 atom stereocenters. The van der Waals surface area contributed by atoms with Crippen LogP contribution >= 0.6 is 11.7 Å². The fourth-order valence-corrected chi connectivity index (χ4v) is 3.17. The van der Waals surface area contributed by atoms with E-state index >= 15 is 0 Å². The van der Waals surface area contributed by atoms with E-state index in [0.29, 0.717) is 12.2 Å². The third kappa shape index (κ3) is 1.63. The molecular formula is C13H10N4O2S. The van der Waals surface area contributed by atoms with Crippen molar-refractivity contribution in [2.45, 2.75) is 12.3 Å². The second kappa shape index (κ2) is 4.11. The van der Waals surface area contributed by atoms with Gasteiger partial charge in [0.15, 0.2) is 0 Å². The number of fused-ring (bicyclic) bond motifs is 3. The number of rotatable bonds is 1. The lowest BCUT2D eigenvalue weighted by Crippen LogP contribution is -2.21. The maximum atomic E-state index is 11.8. The molecule has 0 bridgehead atoms. The molecule has 0 saturated carbocycles. The van der Waals surface area contributed by atoms with Crippen molar-refractivity contribution in [3.8, 4) is 5.75 Å². The van der Waals surface area contributed by atoms with Gasteiger partial charge in [0.25, 0.3) is 0 Å². The molecule has 6 nitrogen and oxygen atoms in total. The van der Waals surface area contributed by atoms with Crippen molar-refractivity contribution in [2.24, 2.45) is 7.05 Å². The lowest BCUT2D eigenvalue weighted by Gasteiger charge is -2.23. The van der Waals surface area contributed by atoms with E-state index in [4.69, 9.17) is 4.74 Å². The average molecular weight is 286 g/mol. The van der Waals surface area contributed by atoms with Crippen LogP contribution in [0.25, 0.3) is 11.0 Å². The van der Waals surface area contributed by atoms with Crippen LogP contribution in [0.15, 0.2) is 24.5 Å². The van der Waals surface area contributed by atoms with Crippen molar-refractivity contribution in [3.05, 3.63) is 35.7 Å². The Bertz CT molecular complexity index is 823. The molecule has 4 rings (SSSR count). The fraction of sp³-hybridized carbons (Fsp3) is 0.231. The molecule has 0 fully saturated rings. The number of carbonyl (C=O) groups excluding carboxylic acids is 1. The maximum absolute atomic E-state index is 11.8. The van der Waals surface area contributed by atoms with Gasteiger partial charge in [-0.05, 0) is 17.7 Å². The molecule has 20 heavy (non-hydrogen) atoms. The van der Waals surface area contributed by atoms with Crippen LogP contribution in [0.5, 0.6) is 5.75 Å². The van der Waals surface area contributed by atoms with Gasteiger partial charge in [-0.15, -0.1) is 0 Å². The highest BCUT2D eigenvalue weighted by atomic mass is 32.1. The van der Waals surface area contributed by atoms with Gasteiger partial charge in [0.1, 0.15) is 16.8 Å². The summed E-state index contributed by atoms with van der Waals surface area (Å²) in [7, 11) is 1.86. The standard InChI is InChI=1S/C13H10N4O2S/c1-17-6-7(5-14-17)8-4-11(18)19-10-3-2-9-13(12(8)10)16-20-15-9/h2-3,5-6,8H,4H2,1H3. The summed E-state index contributed by atoms with van der Waals surface area (Å²) >= 11 is 1.17. The number of hydrogen-bond acceptors (Lipinski definition) is 6. The summed E-state index contributed by atoms with van der Waals surface area (Å²) < 4.78 is 15.7. The molecule has 1 unspecified atom stereocenters. The summed E-state index contributed by atoms with van der Waals surface area (Å²) in [6.07, 6.45) is 4.01. The Labute approximate surface area is 118 Å². The SMILES string of the molecule is Cn1cc(C2CC(=O)Oc3ccc4nsnc4c32)cn1. The number of benzene rings is 1. The molecule has 0 amide bonds. The van der Waals surface area contributed by atoms with Gasteiger partial charge in [0.2, 0.25) is 0 Å². The van der Waals surface area contributed by atoms with E-state index in [-0.39, 0.29) is 11.9 Å². The summed E-state index contributed by atoms with van der Waals surface area (Å²) in [4.78, 5) is 11.8. The first-order valence-electron chi connectivity index (χ1n) is 6.17. The number of esters is 1. The van der Waals surface area contributed by atoms with Gasteiger partial charge in [0, 0.05) is 24.7 Å². The molecule has 1 aliphatic rings. The van der Waals surface area contributed by atoms with Crippen LogP contribution in [0.2, 0.25) is 0 Å². The van der Waals surface area contributed by atoms with Crippen LogP contribution in [0, 0.1) is 0 Å². The monoisotopic (exact) mass is 286 g/mol. The number of nitrogens with zero attached hydrogens (tertiary/aromatic N) is 4. The van der Waals surface area contributed by atoms with Crippen molar-refractivity contribution in [3.63, 3.8) is 0 Å². The number of hydrogen-bond donors (Lipinski definition) is 0. The van der Waals surface area contributed by atoms with E-state index < -0.39 is 0 Å². The second-order valence-corrected chi connectivity index (χ2v) is 5.32. The predicted molar refractivity (Wildman–Crippen MR) is 72.7 cm³/mol. The fourth-order valence-electron chi connectivity index (χ4n) is 2.62. The molecule has 3 aromatic rings. The normalized spacial score (nSPS) is 18.1. The van der Waals surface area contributed by atoms with Gasteiger partial charge in [-0.2, -0.15) is 13.8 Å². The lowest BCUT2D eigenvalue weighted by molar-refractivity contribution is -0.135. The van der Waals surface area contributed by atoms with Crippen molar-refractivity contribution in [1.29, 1.82) is 0 Å². The first-order chi connectivity index (χ1) is 9.72. The maximum Gasteiger partial charge on any atom is 0.312 e. The Morgan fingerprint density at radius 1 is 1.40 bits per heavy atom. The van der Waals surface area contributed by atoms with Crippen LogP contribution in [0.1, 0.15) is 23.5 Å².